The van der Waals surface area contributed by atoms with Crippen molar-refractivity contribution in [2.24, 2.45) is 5.41 Å². The van der Waals surface area contributed by atoms with Crippen molar-refractivity contribution in [3.63, 3.8) is 0 Å². The van der Waals surface area contributed by atoms with Gasteiger partial charge >= 0.3 is 0 Å². The molecule has 23 heavy (non-hydrogen) atoms. The van der Waals surface area contributed by atoms with Crippen molar-refractivity contribution in [3.05, 3.63) is 35.6 Å². The molecule has 0 aromatic heterocycles. The summed E-state index contributed by atoms with van der Waals surface area (Å²) in [6, 6.07) is 6.21. The maximum absolute atomic E-state index is 12.8. The van der Waals surface area contributed by atoms with Crippen LogP contribution in [0.2, 0.25) is 0 Å². The number of nitrogens with zero attached hydrogens (tertiary/aromatic N) is 1. The van der Waals surface area contributed by atoms with E-state index >= 15 is 0 Å². The summed E-state index contributed by atoms with van der Waals surface area (Å²) in [7, 11) is 0. The lowest BCUT2D eigenvalue weighted by atomic mass is 9.89. The summed E-state index contributed by atoms with van der Waals surface area (Å²) in [5.74, 6) is -0.244. The first-order valence-electron chi connectivity index (χ1n) is 7.95. The molecular weight excluding hydrogens is 317 g/mol. The van der Waals surface area contributed by atoms with Crippen molar-refractivity contribution in [1.29, 1.82) is 0 Å². The normalized spacial score (nSPS) is 20.3. The van der Waals surface area contributed by atoms with Gasteiger partial charge in [0.1, 0.15) is 5.82 Å². The Labute approximate surface area is 144 Å². The number of rotatable bonds is 7. The SMILES string of the molecule is CCN(CC(=O)NCc1ccc(F)cc1)CC1(C)CCNC1.Cl. The molecule has 1 saturated heterocycles. The number of halogens is 2. The Kier molecular flexibility index (Phi) is 7.95. The highest BCUT2D eigenvalue weighted by Crippen LogP contribution is 2.25. The Morgan fingerprint density at radius 2 is 2.09 bits per heavy atom. The van der Waals surface area contributed by atoms with Gasteiger partial charge in [-0.15, -0.1) is 12.4 Å². The molecule has 0 spiro atoms. The van der Waals surface area contributed by atoms with E-state index in [1.807, 2.05) is 0 Å². The van der Waals surface area contributed by atoms with E-state index in [0.717, 1.165) is 38.2 Å². The molecule has 1 aromatic carbocycles. The summed E-state index contributed by atoms with van der Waals surface area (Å²) in [5, 5.41) is 6.29. The smallest absolute Gasteiger partial charge is 0.234 e. The van der Waals surface area contributed by atoms with Gasteiger partial charge in [-0.1, -0.05) is 26.0 Å². The number of carbonyl (C=O) groups excluding carboxylic acids is 1. The number of amides is 1. The van der Waals surface area contributed by atoms with Crippen LogP contribution in [-0.2, 0) is 11.3 Å². The fraction of sp³-hybridized carbons (Fsp3) is 0.588. The van der Waals surface area contributed by atoms with E-state index in [4.69, 9.17) is 0 Å². The van der Waals surface area contributed by atoms with Gasteiger partial charge in [0.05, 0.1) is 6.54 Å². The molecule has 130 valence electrons. The van der Waals surface area contributed by atoms with Gasteiger partial charge in [0.2, 0.25) is 5.91 Å². The van der Waals surface area contributed by atoms with Gasteiger partial charge in [0.25, 0.3) is 0 Å². The molecule has 0 radical (unpaired) electrons. The largest absolute Gasteiger partial charge is 0.351 e. The van der Waals surface area contributed by atoms with Crippen molar-refractivity contribution >= 4 is 18.3 Å². The second-order valence-corrected chi connectivity index (χ2v) is 6.44. The van der Waals surface area contributed by atoms with Gasteiger partial charge in [0, 0.05) is 19.6 Å². The van der Waals surface area contributed by atoms with E-state index in [1.54, 1.807) is 12.1 Å². The summed E-state index contributed by atoms with van der Waals surface area (Å²) >= 11 is 0. The topological polar surface area (TPSA) is 44.4 Å². The lowest BCUT2D eigenvalue weighted by Crippen LogP contribution is -2.43. The molecule has 2 rings (SSSR count). The quantitative estimate of drug-likeness (QED) is 0.797. The Bertz CT molecular complexity index is 489. The molecule has 2 N–H and O–H groups in total. The van der Waals surface area contributed by atoms with E-state index in [2.05, 4.69) is 29.4 Å². The zero-order valence-corrected chi connectivity index (χ0v) is 14.7. The maximum Gasteiger partial charge on any atom is 0.234 e. The van der Waals surface area contributed by atoms with Gasteiger partial charge in [-0.25, -0.2) is 4.39 Å². The molecular formula is C17H27ClFN3O. The van der Waals surface area contributed by atoms with Crippen LogP contribution in [0, 0.1) is 11.2 Å². The second kappa shape index (κ2) is 9.21. The first kappa shape index (κ1) is 19.9. The minimum Gasteiger partial charge on any atom is -0.351 e. The summed E-state index contributed by atoms with van der Waals surface area (Å²) in [4.78, 5) is 14.3. The highest BCUT2D eigenvalue weighted by atomic mass is 35.5. The van der Waals surface area contributed by atoms with E-state index < -0.39 is 0 Å². The molecule has 1 atom stereocenters. The van der Waals surface area contributed by atoms with Crippen LogP contribution in [-0.4, -0.2) is 43.5 Å². The first-order valence-corrected chi connectivity index (χ1v) is 7.95. The van der Waals surface area contributed by atoms with E-state index in [-0.39, 0.29) is 29.5 Å². The molecule has 1 aliphatic heterocycles. The van der Waals surface area contributed by atoms with E-state index in [0.29, 0.717) is 13.1 Å². The maximum atomic E-state index is 12.8. The Balaban J connectivity index is 0.00000264. The van der Waals surface area contributed by atoms with Crippen LogP contribution in [0.3, 0.4) is 0 Å². The predicted octanol–water partition coefficient (Wildman–Crippen LogP) is 2.19. The highest BCUT2D eigenvalue weighted by Gasteiger charge is 2.30. The molecule has 0 bridgehead atoms. The number of likely N-dealkylation sites (N-methyl/N-ethyl adjacent to an activating group) is 1. The lowest BCUT2D eigenvalue weighted by Gasteiger charge is -2.30. The fourth-order valence-electron chi connectivity index (χ4n) is 2.88. The average molecular weight is 344 g/mol. The standard InChI is InChI=1S/C17H26FN3O.ClH/c1-3-21(13-17(2)8-9-19-12-17)11-16(22)20-10-14-4-6-15(18)7-5-14;/h4-7,19H,3,8-13H2,1-2H3,(H,20,22);1H. The third-order valence-corrected chi connectivity index (χ3v) is 4.28. The second-order valence-electron chi connectivity index (χ2n) is 6.44. The van der Waals surface area contributed by atoms with Crippen LogP contribution >= 0.6 is 12.4 Å². The van der Waals surface area contributed by atoms with Gasteiger partial charge in [-0.3, -0.25) is 9.69 Å². The van der Waals surface area contributed by atoms with Crippen molar-refractivity contribution in [2.75, 3.05) is 32.7 Å². The summed E-state index contributed by atoms with van der Waals surface area (Å²) in [6.07, 6.45) is 1.15. The molecule has 1 aliphatic rings. The number of nitrogens with one attached hydrogen (secondary N) is 2. The lowest BCUT2D eigenvalue weighted by molar-refractivity contribution is -0.122. The monoisotopic (exact) mass is 343 g/mol. The number of hydrogen-bond acceptors (Lipinski definition) is 3. The summed E-state index contributed by atoms with van der Waals surface area (Å²) in [5.41, 5.74) is 1.16. The molecule has 1 amide bonds. The van der Waals surface area contributed by atoms with Gasteiger partial charge in [-0.05, 0) is 42.6 Å². The molecule has 1 aromatic rings. The Hall–Kier alpha value is -1.17. The first-order chi connectivity index (χ1) is 10.5. The van der Waals surface area contributed by atoms with Crippen molar-refractivity contribution in [1.82, 2.24) is 15.5 Å². The average Bonchev–Trinajstić information content (AvgIpc) is 2.92. The van der Waals surface area contributed by atoms with Gasteiger partial charge in [-0.2, -0.15) is 0 Å². The van der Waals surface area contributed by atoms with E-state index in [9.17, 15) is 9.18 Å². The molecule has 0 saturated carbocycles. The van der Waals surface area contributed by atoms with Gasteiger partial charge in [0.15, 0.2) is 0 Å². The molecule has 1 unspecified atom stereocenters. The highest BCUT2D eigenvalue weighted by molar-refractivity contribution is 5.85. The van der Waals surface area contributed by atoms with Crippen LogP contribution in [0.4, 0.5) is 4.39 Å². The molecule has 4 nitrogen and oxygen atoms in total. The minimum atomic E-state index is -0.259. The molecule has 6 heteroatoms. The number of benzene rings is 1. The zero-order chi connectivity index (χ0) is 16.0. The predicted molar refractivity (Wildman–Crippen MR) is 93.2 cm³/mol. The number of hydrogen-bond donors (Lipinski definition) is 2. The Morgan fingerprint density at radius 3 is 2.65 bits per heavy atom. The van der Waals surface area contributed by atoms with Crippen LogP contribution in [0.5, 0.6) is 0 Å². The zero-order valence-electron chi connectivity index (χ0n) is 13.9. The van der Waals surface area contributed by atoms with Crippen molar-refractivity contribution in [3.8, 4) is 0 Å². The van der Waals surface area contributed by atoms with Crippen molar-refractivity contribution < 1.29 is 9.18 Å². The number of carbonyl (C=O) groups is 1. The fourth-order valence-corrected chi connectivity index (χ4v) is 2.88. The van der Waals surface area contributed by atoms with Crippen LogP contribution in [0.25, 0.3) is 0 Å². The van der Waals surface area contributed by atoms with Crippen molar-refractivity contribution in [2.45, 2.75) is 26.8 Å². The van der Waals surface area contributed by atoms with Crippen LogP contribution in [0.15, 0.2) is 24.3 Å². The molecule has 1 fully saturated rings. The third-order valence-electron chi connectivity index (χ3n) is 4.28. The molecule has 1 heterocycles. The summed E-state index contributed by atoms with van der Waals surface area (Å²) in [6.45, 7) is 9.07. The van der Waals surface area contributed by atoms with E-state index in [1.165, 1.54) is 12.1 Å². The van der Waals surface area contributed by atoms with Crippen LogP contribution in [0.1, 0.15) is 25.8 Å². The Morgan fingerprint density at radius 1 is 1.39 bits per heavy atom. The minimum absolute atomic E-state index is 0. The summed E-state index contributed by atoms with van der Waals surface area (Å²) < 4.78 is 12.8. The third kappa shape index (κ3) is 6.45. The van der Waals surface area contributed by atoms with Crippen LogP contribution < -0.4 is 10.6 Å². The molecule has 0 aliphatic carbocycles. The van der Waals surface area contributed by atoms with Gasteiger partial charge < -0.3 is 10.6 Å².